The topological polar surface area (TPSA) is 105 Å². The molecule has 1 saturated heterocycles. The summed E-state index contributed by atoms with van der Waals surface area (Å²) in [7, 11) is 0. The van der Waals surface area contributed by atoms with Crippen molar-refractivity contribution in [2.75, 3.05) is 23.3 Å². The SMILES string of the molecule is CC(C)n1ncc2c(C(=O)Nc3ccc(N4CCNC4=O)cc3)cc(-c3ccco3)nc21. The molecule has 0 spiro atoms. The van der Waals surface area contributed by atoms with Crippen LogP contribution in [0.2, 0.25) is 0 Å². The quantitative estimate of drug-likeness (QED) is 0.497. The van der Waals surface area contributed by atoms with Crippen molar-refractivity contribution >= 4 is 34.3 Å². The minimum absolute atomic E-state index is 0.0816. The lowest BCUT2D eigenvalue weighted by atomic mass is 10.1. The zero-order valence-corrected chi connectivity index (χ0v) is 17.7. The van der Waals surface area contributed by atoms with Crippen LogP contribution in [-0.4, -0.2) is 39.8 Å². The lowest BCUT2D eigenvalue weighted by Gasteiger charge is -2.15. The second kappa shape index (κ2) is 7.84. The normalized spacial score (nSPS) is 13.7. The number of nitrogens with one attached hydrogen (secondary N) is 2. The predicted molar refractivity (Wildman–Crippen MR) is 121 cm³/mol. The molecule has 0 aliphatic carbocycles. The minimum atomic E-state index is -0.278. The molecule has 4 heterocycles. The molecule has 1 aliphatic heterocycles. The average molecular weight is 430 g/mol. The number of aromatic nitrogens is 3. The van der Waals surface area contributed by atoms with Crippen LogP contribution in [0.15, 0.2) is 59.3 Å². The number of pyridine rings is 1. The van der Waals surface area contributed by atoms with E-state index >= 15 is 0 Å². The second-order valence-corrected chi connectivity index (χ2v) is 7.84. The number of carbonyl (C=O) groups excluding carboxylic acids is 2. The Morgan fingerprint density at radius 3 is 2.69 bits per heavy atom. The Kier molecular flexibility index (Phi) is 4.85. The van der Waals surface area contributed by atoms with Crippen LogP contribution in [0.4, 0.5) is 16.2 Å². The van der Waals surface area contributed by atoms with E-state index in [4.69, 9.17) is 9.40 Å². The van der Waals surface area contributed by atoms with E-state index in [1.165, 1.54) is 0 Å². The first kappa shape index (κ1) is 19.8. The first-order valence-corrected chi connectivity index (χ1v) is 10.4. The van der Waals surface area contributed by atoms with Crippen molar-refractivity contribution in [3.63, 3.8) is 0 Å². The highest BCUT2D eigenvalue weighted by molar-refractivity contribution is 6.12. The highest BCUT2D eigenvalue weighted by Crippen LogP contribution is 2.28. The zero-order chi connectivity index (χ0) is 22.2. The van der Waals surface area contributed by atoms with E-state index in [0.29, 0.717) is 46.8 Å². The summed E-state index contributed by atoms with van der Waals surface area (Å²) >= 11 is 0. The van der Waals surface area contributed by atoms with E-state index in [9.17, 15) is 9.59 Å². The lowest BCUT2D eigenvalue weighted by Crippen LogP contribution is -2.27. The van der Waals surface area contributed by atoms with Gasteiger partial charge in [0.1, 0.15) is 5.69 Å². The van der Waals surface area contributed by atoms with Gasteiger partial charge in [-0.3, -0.25) is 9.69 Å². The molecule has 0 bridgehead atoms. The Balaban J connectivity index is 1.48. The molecule has 32 heavy (non-hydrogen) atoms. The van der Waals surface area contributed by atoms with Gasteiger partial charge in [0.2, 0.25) is 0 Å². The summed E-state index contributed by atoms with van der Waals surface area (Å²) in [6.45, 7) is 5.26. The van der Waals surface area contributed by atoms with E-state index in [1.54, 1.807) is 52.4 Å². The van der Waals surface area contributed by atoms with Crippen LogP contribution in [0.5, 0.6) is 0 Å². The molecule has 2 N–H and O–H groups in total. The first-order valence-electron chi connectivity index (χ1n) is 10.4. The third kappa shape index (κ3) is 3.47. The molecule has 4 aromatic rings. The molecule has 0 unspecified atom stereocenters. The van der Waals surface area contributed by atoms with Crippen molar-refractivity contribution in [2.24, 2.45) is 0 Å². The summed E-state index contributed by atoms with van der Waals surface area (Å²) in [6, 6.07) is 12.5. The van der Waals surface area contributed by atoms with Crippen molar-refractivity contribution in [1.29, 1.82) is 0 Å². The van der Waals surface area contributed by atoms with Crippen molar-refractivity contribution in [3.05, 3.63) is 60.5 Å². The largest absolute Gasteiger partial charge is 0.463 e. The summed E-state index contributed by atoms with van der Waals surface area (Å²) in [5.74, 6) is 0.297. The highest BCUT2D eigenvalue weighted by Gasteiger charge is 2.22. The van der Waals surface area contributed by atoms with Crippen molar-refractivity contribution < 1.29 is 14.0 Å². The predicted octanol–water partition coefficient (Wildman–Crippen LogP) is 4.05. The molecule has 9 nitrogen and oxygen atoms in total. The number of hydrogen-bond donors (Lipinski definition) is 2. The Hall–Kier alpha value is -4.14. The maximum absolute atomic E-state index is 13.2. The van der Waals surface area contributed by atoms with E-state index in [1.807, 2.05) is 26.0 Å². The summed E-state index contributed by atoms with van der Waals surface area (Å²) in [6.07, 6.45) is 3.24. The smallest absolute Gasteiger partial charge is 0.321 e. The number of benzene rings is 1. The van der Waals surface area contributed by atoms with Crippen LogP contribution in [0.3, 0.4) is 0 Å². The fraction of sp³-hybridized carbons (Fsp3) is 0.217. The molecule has 1 aliphatic rings. The van der Waals surface area contributed by atoms with Crippen LogP contribution >= 0.6 is 0 Å². The monoisotopic (exact) mass is 430 g/mol. The Morgan fingerprint density at radius 1 is 1.22 bits per heavy atom. The van der Waals surface area contributed by atoms with Gasteiger partial charge in [-0.05, 0) is 56.3 Å². The third-order valence-electron chi connectivity index (χ3n) is 5.37. The number of amides is 3. The fourth-order valence-corrected chi connectivity index (χ4v) is 3.78. The standard InChI is InChI=1S/C23H22N6O3/c1-14(2)29-21-18(13-25-29)17(12-19(27-21)20-4-3-11-32-20)22(30)26-15-5-7-16(8-6-15)28-10-9-24-23(28)31/h3-8,11-14H,9-10H2,1-2H3,(H,24,31)(H,26,30). The first-order chi connectivity index (χ1) is 15.5. The van der Waals surface area contributed by atoms with E-state index in [-0.39, 0.29) is 18.0 Å². The number of carbonyl (C=O) groups is 2. The van der Waals surface area contributed by atoms with Crippen LogP contribution in [0.25, 0.3) is 22.5 Å². The number of hydrogen-bond acceptors (Lipinski definition) is 5. The maximum atomic E-state index is 13.2. The van der Waals surface area contributed by atoms with E-state index < -0.39 is 0 Å². The van der Waals surface area contributed by atoms with Gasteiger partial charge in [0.05, 0.1) is 23.4 Å². The summed E-state index contributed by atoms with van der Waals surface area (Å²) in [4.78, 5) is 31.4. The number of furan rings is 1. The van der Waals surface area contributed by atoms with Crippen LogP contribution in [-0.2, 0) is 0 Å². The number of urea groups is 1. The van der Waals surface area contributed by atoms with E-state index in [2.05, 4.69) is 15.7 Å². The number of anilines is 2. The van der Waals surface area contributed by atoms with Gasteiger partial charge in [-0.2, -0.15) is 5.10 Å². The number of fused-ring (bicyclic) bond motifs is 1. The summed E-state index contributed by atoms with van der Waals surface area (Å²) in [5, 5.41) is 10.8. The maximum Gasteiger partial charge on any atom is 0.321 e. The number of nitrogens with zero attached hydrogens (tertiary/aromatic N) is 4. The van der Waals surface area contributed by atoms with Gasteiger partial charge in [-0.1, -0.05) is 0 Å². The molecule has 1 aromatic carbocycles. The summed E-state index contributed by atoms with van der Waals surface area (Å²) in [5.41, 5.74) is 3.04. The Morgan fingerprint density at radius 2 is 2.03 bits per heavy atom. The van der Waals surface area contributed by atoms with Gasteiger partial charge in [0.25, 0.3) is 5.91 Å². The van der Waals surface area contributed by atoms with Gasteiger partial charge in [0, 0.05) is 30.5 Å². The molecule has 162 valence electrons. The molecule has 0 radical (unpaired) electrons. The van der Waals surface area contributed by atoms with Crippen LogP contribution in [0.1, 0.15) is 30.2 Å². The van der Waals surface area contributed by atoms with E-state index in [0.717, 1.165) is 5.69 Å². The van der Waals surface area contributed by atoms with Crippen LogP contribution < -0.4 is 15.5 Å². The number of rotatable bonds is 5. The van der Waals surface area contributed by atoms with Crippen molar-refractivity contribution in [3.8, 4) is 11.5 Å². The molecule has 0 saturated carbocycles. The molecule has 0 atom stereocenters. The molecule has 3 amide bonds. The molecule has 5 rings (SSSR count). The van der Waals surface area contributed by atoms with Gasteiger partial charge in [0.15, 0.2) is 11.4 Å². The molecule has 9 heteroatoms. The second-order valence-electron chi connectivity index (χ2n) is 7.84. The molecular weight excluding hydrogens is 408 g/mol. The fourth-order valence-electron chi connectivity index (χ4n) is 3.78. The van der Waals surface area contributed by atoms with Gasteiger partial charge in [-0.25, -0.2) is 14.5 Å². The third-order valence-corrected chi connectivity index (χ3v) is 5.37. The lowest BCUT2D eigenvalue weighted by molar-refractivity contribution is 0.102. The molecule has 3 aromatic heterocycles. The zero-order valence-electron chi connectivity index (χ0n) is 17.7. The summed E-state index contributed by atoms with van der Waals surface area (Å²) < 4.78 is 7.29. The average Bonchev–Trinajstić information content (AvgIpc) is 3.54. The van der Waals surface area contributed by atoms with Crippen molar-refractivity contribution in [2.45, 2.75) is 19.9 Å². The minimum Gasteiger partial charge on any atom is -0.463 e. The molecule has 1 fully saturated rings. The van der Waals surface area contributed by atoms with Gasteiger partial charge in [-0.15, -0.1) is 0 Å². The molecular formula is C23H22N6O3. The van der Waals surface area contributed by atoms with Gasteiger partial charge < -0.3 is 15.1 Å². The van der Waals surface area contributed by atoms with Gasteiger partial charge >= 0.3 is 6.03 Å². The van der Waals surface area contributed by atoms with Crippen LogP contribution in [0, 0.1) is 0 Å². The van der Waals surface area contributed by atoms with Crippen molar-refractivity contribution in [1.82, 2.24) is 20.1 Å². The Bertz CT molecular complexity index is 1290. The Labute approximate surface area is 184 Å². The highest BCUT2D eigenvalue weighted by atomic mass is 16.3.